The summed E-state index contributed by atoms with van der Waals surface area (Å²) in [7, 11) is 0. The summed E-state index contributed by atoms with van der Waals surface area (Å²) in [5.41, 5.74) is 2.69. The third-order valence-corrected chi connectivity index (χ3v) is 7.07. The van der Waals surface area contributed by atoms with Gasteiger partial charge in [-0.3, -0.25) is 4.79 Å². The number of hydrogen-bond donors (Lipinski definition) is 1. The van der Waals surface area contributed by atoms with Gasteiger partial charge in [-0.15, -0.1) is 11.8 Å². The molecule has 0 saturated heterocycles. The first-order valence-electron chi connectivity index (χ1n) is 10.8. The first-order valence-corrected chi connectivity index (χ1v) is 11.8. The normalized spacial score (nSPS) is 19.3. The van der Waals surface area contributed by atoms with E-state index in [0.717, 1.165) is 31.4 Å². The van der Waals surface area contributed by atoms with Crippen LogP contribution in [0, 0.1) is 30.1 Å². The number of nitriles is 1. The van der Waals surface area contributed by atoms with E-state index in [1.165, 1.54) is 16.0 Å². The van der Waals surface area contributed by atoms with Gasteiger partial charge in [0.1, 0.15) is 5.76 Å². The second-order valence-electron chi connectivity index (χ2n) is 9.34. The Morgan fingerprint density at radius 2 is 1.93 bits per heavy atom. The topological polar surface area (TPSA) is 66.0 Å². The zero-order chi connectivity index (χ0) is 21.7. The van der Waals surface area contributed by atoms with E-state index in [4.69, 9.17) is 9.68 Å². The van der Waals surface area contributed by atoms with E-state index in [1.807, 2.05) is 6.07 Å². The van der Waals surface area contributed by atoms with Crippen LogP contribution in [0.5, 0.6) is 0 Å². The molecule has 1 heterocycles. The van der Waals surface area contributed by atoms with E-state index in [0.29, 0.717) is 24.0 Å². The highest BCUT2D eigenvalue weighted by Gasteiger charge is 2.22. The Bertz CT molecular complexity index is 912. The first-order chi connectivity index (χ1) is 14.3. The van der Waals surface area contributed by atoms with Crippen LogP contribution in [0.1, 0.15) is 73.9 Å². The smallest absolute Gasteiger partial charge is 0.287 e. The van der Waals surface area contributed by atoms with Gasteiger partial charge in [0.2, 0.25) is 0 Å². The SMILES string of the molecule is Cc1ccc(C(C)(C)C)cc1SCc1ccc(C(=O)NCC2CCC(C#N)CC2)o1. The van der Waals surface area contributed by atoms with Crippen molar-refractivity contribution in [1.29, 1.82) is 5.26 Å². The zero-order valence-corrected chi connectivity index (χ0v) is 19.3. The minimum Gasteiger partial charge on any atom is -0.455 e. The molecule has 1 aromatic heterocycles. The summed E-state index contributed by atoms with van der Waals surface area (Å²) >= 11 is 1.74. The van der Waals surface area contributed by atoms with Crippen molar-refractivity contribution in [3.63, 3.8) is 0 Å². The quantitative estimate of drug-likeness (QED) is 0.558. The highest BCUT2D eigenvalue weighted by atomic mass is 32.2. The maximum Gasteiger partial charge on any atom is 0.287 e. The van der Waals surface area contributed by atoms with Gasteiger partial charge in [-0.05, 0) is 73.3 Å². The summed E-state index contributed by atoms with van der Waals surface area (Å²) in [5.74, 6) is 2.37. The van der Waals surface area contributed by atoms with Crippen LogP contribution < -0.4 is 5.32 Å². The Balaban J connectivity index is 1.52. The number of thioether (sulfide) groups is 1. The van der Waals surface area contributed by atoms with Crippen molar-refractivity contribution < 1.29 is 9.21 Å². The van der Waals surface area contributed by atoms with E-state index in [2.05, 4.69) is 57.3 Å². The number of hydrogen-bond acceptors (Lipinski definition) is 4. The lowest BCUT2D eigenvalue weighted by Crippen LogP contribution is -2.31. The molecular weight excluding hydrogens is 392 g/mol. The Labute approximate surface area is 184 Å². The van der Waals surface area contributed by atoms with Gasteiger partial charge in [-0.25, -0.2) is 0 Å². The van der Waals surface area contributed by atoms with Crippen LogP contribution in [0.15, 0.2) is 39.6 Å². The number of benzene rings is 1. The van der Waals surface area contributed by atoms with Crippen molar-refractivity contribution in [3.8, 4) is 6.07 Å². The average Bonchev–Trinajstić information content (AvgIpc) is 3.20. The van der Waals surface area contributed by atoms with Gasteiger partial charge in [-0.2, -0.15) is 5.26 Å². The van der Waals surface area contributed by atoms with Crippen molar-refractivity contribution in [3.05, 3.63) is 53.0 Å². The van der Waals surface area contributed by atoms with Crippen LogP contribution in [0.4, 0.5) is 0 Å². The number of nitrogens with one attached hydrogen (secondary N) is 1. The Morgan fingerprint density at radius 1 is 1.20 bits per heavy atom. The summed E-state index contributed by atoms with van der Waals surface area (Å²) < 4.78 is 5.80. The second kappa shape index (κ2) is 9.75. The molecule has 0 spiro atoms. The molecular formula is C25H32N2O2S. The van der Waals surface area contributed by atoms with Gasteiger partial charge in [-0.1, -0.05) is 32.9 Å². The van der Waals surface area contributed by atoms with Crippen molar-refractivity contribution in [2.75, 3.05) is 6.54 Å². The lowest BCUT2D eigenvalue weighted by atomic mass is 9.83. The molecule has 1 aliphatic carbocycles. The number of carbonyl (C=O) groups is 1. The Morgan fingerprint density at radius 3 is 2.60 bits per heavy atom. The van der Waals surface area contributed by atoms with E-state index in [1.54, 1.807) is 17.8 Å². The van der Waals surface area contributed by atoms with Crippen LogP contribution in [-0.2, 0) is 11.2 Å². The second-order valence-corrected chi connectivity index (χ2v) is 10.4. The van der Waals surface area contributed by atoms with Gasteiger partial charge < -0.3 is 9.73 Å². The maximum absolute atomic E-state index is 12.4. The third kappa shape index (κ3) is 5.92. The molecule has 0 bridgehead atoms. The number of rotatable bonds is 6. The van der Waals surface area contributed by atoms with Gasteiger partial charge in [0.15, 0.2) is 5.76 Å². The number of amides is 1. The van der Waals surface area contributed by atoms with Crippen molar-refractivity contribution in [2.24, 2.45) is 11.8 Å². The number of aryl methyl sites for hydroxylation is 1. The molecule has 0 aliphatic heterocycles. The average molecular weight is 425 g/mol. The molecule has 1 fully saturated rings. The van der Waals surface area contributed by atoms with Crippen LogP contribution in [0.2, 0.25) is 0 Å². The summed E-state index contributed by atoms with van der Waals surface area (Å²) in [6, 6.07) is 12.6. The molecule has 2 aromatic rings. The predicted octanol–water partition coefficient (Wildman–Crippen LogP) is 6.24. The number of furan rings is 1. The molecule has 5 heteroatoms. The Hall–Kier alpha value is -2.19. The molecule has 0 unspecified atom stereocenters. The maximum atomic E-state index is 12.4. The fraction of sp³-hybridized carbons (Fsp3) is 0.520. The van der Waals surface area contributed by atoms with E-state index in [9.17, 15) is 4.79 Å². The van der Waals surface area contributed by atoms with Crippen LogP contribution in [-0.4, -0.2) is 12.5 Å². The molecule has 3 rings (SSSR count). The zero-order valence-electron chi connectivity index (χ0n) is 18.5. The van der Waals surface area contributed by atoms with Crippen LogP contribution in [0.25, 0.3) is 0 Å². The van der Waals surface area contributed by atoms with Crippen LogP contribution >= 0.6 is 11.8 Å². The highest BCUT2D eigenvalue weighted by Crippen LogP contribution is 2.32. The van der Waals surface area contributed by atoms with Crippen molar-refractivity contribution in [1.82, 2.24) is 5.32 Å². The van der Waals surface area contributed by atoms with E-state index in [-0.39, 0.29) is 17.2 Å². The molecule has 4 nitrogen and oxygen atoms in total. The molecule has 1 aliphatic rings. The summed E-state index contributed by atoms with van der Waals surface area (Å²) in [6.45, 7) is 9.44. The molecule has 30 heavy (non-hydrogen) atoms. The largest absolute Gasteiger partial charge is 0.455 e. The fourth-order valence-electron chi connectivity index (χ4n) is 3.77. The van der Waals surface area contributed by atoms with Crippen molar-refractivity contribution >= 4 is 17.7 Å². The fourth-order valence-corrected chi connectivity index (χ4v) is 4.73. The highest BCUT2D eigenvalue weighted by molar-refractivity contribution is 7.98. The third-order valence-electron chi connectivity index (χ3n) is 5.89. The minimum absolute atomic E-state index is 0.118. The van der Waals surface area contributed by atoms with E-state index < -0.39 is 0 Å². The lowest BCUT2D eigenvalue weighted by Gasteiger charge is -2.24. The molecule has 160 valence electrons. The van der Waals surface area contributed by atoms with Crippen LogP contribution in [0.3, 0.4) is 0 Å². The molecule has 0 radical (unpaired) electrons. The minimum atomic E-state index is -0.153. The Kier molecular flexibility index (Phi) is 7.31. The van der Waals surface area contributed by atoms with Gasteiger partial charge in [0.05, 0.1) is 11.8 Å². The number of carbonyl (C=O) groups excluding carboxylic acids is 1. The van der Waals surface area contributed by atoms with Crippen molar-refractivity contribution in [2.45, 2.75) is 69.4 Å². The lowest BCUT2D eigenvalue weighted by molar-refractivity contribution is 0.0913. The molecule has 1 N–H and O–H groups in total. The molecule has 1 amide bonds. The van der Waals surface area contributed by atoms with E-state index >= 15 is 0 Å². The standard InChI is InChI=1S/C25H32N2O2S/c1-17-5-10-20(25(2,3)4)13-23(17)30-16-21-11-12-22(29-21)24(28)27-15-19-8-6-18(14-26)7-9-19/h5,10-13,18-19H,6-9,15-16H2,1-4H3,(H,27,28). The van der Waals surface area contributed by atoms with Gasteiger partial charge in [0, 0.05) is 17.4 Å². The molecule has 0 atom stereocenters. The summed E-state index contributed by atoms with van der Waals surface area (Å²) in [6.07, 6.45) is 3.89. The van der Waals surface area contributed by atoms with Gasteiger partial charge in [0.25, 0.3) is 5.91 Å². The van der Waals surface area contributed by atoms with Gasteiger partial charge >= 0.3 is 0 Å². The molecule has 1 aromatic carbocycles. The molecule has 1 saturated carbocycles. The predicted molar refractivity (Wildman–Crippen MR) is 122 cm³/mol. The summed E-state index contributed by atoms with van der Waals surface area (Å²) in [5, 5.41) is 12.0. The monoisotopic (exact) mass is 424 g/mol. The number of nitrogens with zero attached hydrogens (tertiary/aromatic N) is 1. The first kappa shape index (κ1) is 22.5. The summed E-state index contributed by atoms with van der Waals surface area (Å²) in [4.78, 5) is 13.7.